The fourth-order valence-corrected chi connectivity index (χ4v) is 2.60. The molecule has 0 bridgehead atoms. The highest BCUT2D eigenvalue weighted by atomic mass is 32.2. The van der Waals surface area contributed by atoms with Gasteiger partial charge in [0.15, 0.2) is 9.84 Å². The molecule has 0 heterocycles. The standard InChI is InChI=1S/C14H16N2O2S/c1-10-6-8-11(9-7-10)16-12-4-3-5-13(14(12)15)19(2,17)18/h3-9,16H,15H2,1-2H3. The lowest BCUT2D eigenvalue weighted by atomic mass is 10.2. The molecule has 100 valence electrons. The first-order valence-corrected chi connectivity index (χ1v) is 7.69. The van der Waals surface area contributed by atoms with E-state index in [9.17, 15) is 8.42 Å². The maximum absolute atomic E-state index is 11.6. The molecule has 5 heteroatoms. The van der Waals surface area contributed by atoms with Gasteiger partial charge in [-0.15, -0.1) is 0 Å². The molecule has 3 N–H and O–H groups in total. The van der Waals surface area contributed by atoms with Crippen molar-refractivity contribution >= 4 is 26.9 Å². The third-order valence-electron chi connectivity index (χ3n) is 2.80. The van der Waals surface area contributed by atoms with Crippen LogP contribution in [0.15, 0.2) is 47.4 Å². The van der Waals surface area contributed by atoms with Crippen molar-refractivity contribution in [3.05, 3.63) is 48.0 Å². The summed E-state index contributed by atoms with van der Waals surface area (Å²) in [4.78, 5) is 0.143. The summed E-state index contributed by atoms with van der Waals surface area (Å²) in [6.07, 6.45) is 1.15. The monoisotopic (exact) mass is 276 g/mol. The van der Waals surface area contributed by atoms with Crippen LogP contribution in [0.4, 0.5) is 17.1 Å². The molecule has 0 aliphatic heterocycles. The molecule has 0 atom stereocenters. The Kier molecular flexibility index (Phi) is 3.48. The Balaban J connectivity index is 2.39. The number of hydrogen-bond donors (Lipinski definition) is 2. The van der Waals surface area contributed by atoms with Gasteiger partial charge in [-0.05, 0) is 31.2 Å². The number of nitrogens with one attached hydrogen (secondary N) is 1. The minimum Gasteiger partial charge on any atom is -0.396 e. The van der Waals surface area contributed by atoms with Gasteiger partial charge >= 0.3 is 0 Å². The van der Waals surface area contributed by atoms with E-state index in [-0.39, 0.29) is 10.6 Å². The number of nitrogen functional groups attached to an aromatic ring is 1. The van der Waals surface area contributed by atoms with Crippen molar-refractivity contribution in [2.24, 2.45) is 0 Å². The van der Waals surface area contributed by atoms with Crippen LogP contribution < -0.4 is 11.1 Å². The van der Waals surface area contributed by atoms with Gasteiger partial charge in [-0.3, -0.25) is 0 Å². The second-order valence-corrected chi connectivity index (χ2v) is 6.46. The fourth-order valence-electron chi connectivity index (χ4n) is 1.77. The zero-order valence-electron chi connectivity index (χ0n) is 10.8. The van der Waals surface area contributed by atoms with Gasteiger partial charge in [-0.1, -0.05) is 23.8 Å². The molecule has 0 aliphatic carbocycles. The Morgan fingerprint density at radius 1 is 1.05 bits per heavy atom. The minimum atomic E-state index is -3.32. The van der Waals surface area contributed by atoms with Crippen molar-refractivity contribution in [3.8, 4) is 0 Å². The van der Waals surface area contributed by atoms with Gasteiger partial charge in [0.05, 0.1) is 16.3 Å². The van der Waals surface area contributed by atoms with Crippen LogP contribution in [0.3, 0.4) is 0 Å². The normalized spacial score (nSPS) is 11.3. The minimum absolute atomic E-state index is 0.143. The lowest BCUT2D eigenvalue weighted by Crippen LogP contribution is -2.05. The molecule has 0 aliphatic rings. The number of nitrogens with two attached hydrogens (primary N) is 1. The lowest BCUT2D eigenvalue weighted by Gasteiger charge is -2.12. The van der Waals surface area contributed by atoms with E-state index in [2.05, 4.69) is 5.32 Å². The Labute approximate surface area is 113 Å². The summed E-state index contributed by atoms with van der Waals surface area (Å²) in [6, 6.07) is 12.7. The Morgan fingerprint density at radius 3 is 2.26 bits per heavy atom. The van der Waals surface area contributed by atoms with E-state index in [1.165, 1.54) is 6.07 Å². The number of hydrogen-bond acceptors (Lipinski definition) is 4. The lowest BCUT2D eigenvalue weighted by molar-refractivity contribution is 0.602. The molecular weight excluding hydrogens is 260 g/mol. The Bertz CT molecular complexity index is 692. The van der Waals surface area contributed by atoms with E-state index >= 15 is 0 Å². The number of sulfone groups is 1. The van der Waals surface area contributed by atoms with Gasteiger partial charge < -0.3 is 11.1 Å². The fraction of sp³-hybridized carbons (Fsp3) is 0.143. The van der Waals surface area contributed by atoms with Crippen LogP contribution in [0, 0.1) is 6.92 Å². The average molecular weight is 276 g/mol. The van der Waals surface area contributed by atoms with E-state index in [4.69, 9.17) is 5.73 Å². The summed E-state index contributed by atoms with van der Waals surface area (Å²) in [5.41, 5.74) is 8.76. The van der Waals surface area contributed by atoms with E-state index in [1.807, 2.05) is 31.2 Å². The predicted octanol–water partition coefficient (Wildman–Crippen LogP) is 2.72. The number of aryl methyl sites for hydroxylation is 1. The molecule has 19 heavy (non-hydrogen) atoms. The van der Waals surface area contributed by atoms with Crippen LogP contribution >= 0.6 is 0 Å². The van der Waals surface area contributed by atoms with Gasteiger partial charge in [0, 0.05) is 11.9 Å². The second kappa shape index (κ2) is 4.93. The topological polar surface area (TPSA) is 72.2 Å². The van der Waals surface area contributed by atoms with Crippen LogP contribution in [0.5, 0.6) is 0 Å². The third-order valence-corrected chi connectivity index (χ3v) is 3.95. The molecule has 0 aromatic heterocycles. The number of rotatable bonds is 3. The van der Waals surface area contributed by atoms with Crippen LogP contribution in [0.2, 0.25) is 0 Å². The van der Waals surface area contributed by atoms with E-state index in [0.29, 0.717) is 5.69 Å². The molecule has 0 radical (unpaired) electrons. The van der Waals surface area contributed by atoms with Crippen LogP contribution in [-0.2, 0) is 9.84 Å². The van der Waals surface area contributed by atoms with E-state index in [0.717, 1.165) is 17.5 Å². The zero-order chi connectivity index (χ0) is 14.0. The maximum Gasteiger partial charge on any atom is 0.177 e. The van der Waals surface area contributed by atoms with Gasteiger partial charge in [-0.25, -0.2) is 8.42 Å². The summed E-state index contributed by atoms with van der Waals surface area (Å²) in [7, 11) is -3.32. The SMILES string of the molecule is Cc1ccc(Nc2cccc(S(C)(=O)=O)c2N)cc1. The molecule has 0 amide bonds. The summed E-state index contributed by atoms with van der Waals surface area (Å²) in [6.45, 7) is 2.00. The molecule has 2 aromatic carbocycles. The summed E-state index contributed by atoms with van der Waals surface area (Å²) in [5.74, 6) is 0. The van der Waals surface area contributed by atoms with E-state index < -0.39 is 9.84 Å². The largest absolute Gasteiger partial charge is 0.396 e. The van der Waals surface area contributed by atoms with Crippen molar-refractivity contribution in [1.82, 2.24) is 0 Å². The third kappa shape index (κ3) is 3.06. The van der Waals surface area contributed by atoms with E-state index in [1.54, 1.807) is 12.1 Å². The van der Waals surface area contributed by atoms with Gasteiger partial charge in [-0.2, -0.15) is 0 Å². The summed E-state index contributed by atoms with van der Waals surface area (Å²) >= 11 is 0. The van der Waals surface area contributed by atoms with Crippen LogP contribution in [0.1, 0.15) is 5.56 Å². The molecule has 0 unspecified atom stereocenters. The first kappa shape index (κ1) is 13.4. The smallest absolute Gasteiger partial charge is 0.177 e. The molecule has 0 saturated heterocycles. The Hall–Kier alpha value is -2.01. The molecule has 2 aromatic rings. The number of anilines is 3. The van der Waals surface area contributed by atoms with Crippen LogP contribution in [-0.4, -0.2) is 14.7 Å². The average Bonchev–Trinajstić information content (AvgIpc) is 2.33. The number of benzene rings is 2. The highest BCUT2D eigenvalue weighted by Crippen LogP contribution is 2.29. The molecular formula is C14H16N2O2S. The van der Waals surface area contributed by atoms with Gasteiger partial charge in [0.1, 0.15) is 0 Å². The first-order chi connectivity index (χ1) is 8.88. The quantitative estimate of drug-likeness (QED) is 0.845. The molecule has 2 rings (SSSR count). The highest BCUT2D eigenvalue weighted by molar-refractivity contribution is 7.90. The predicted molar refractivity (Wildman–Crippen MR) is 78.4 cm³/mol. The van der Waals surface area contributed by atoms with Crippen molar-refractivity contribution in [3.63, 3.8) is 0 Å². The summed E-state index contributed by atoms with van der Waals surface area (Å²) < 4.78 is 23.2. The molecule has 0 spiro atoms. The first-order valence-electron chi connectivity index (χ1n) is 5.80. The molecule has 0 fully saturated rings. The number of para-hydroxylation sites is 1. The van der Waals surface area contributed by atoms with Crippen molar-refractivity contribution in [1.29, 1.82) is 0 Å². The van der Waals surface area contributed by atoms with Crippen molar-refractivity contribution in [2.75, 3.05) is 17.3 Å². The van der Waals surface area contributed by atoms with Gasteiger partial charge in [0.2, 0.25) is 0 Å². The van der Waals surface area contributed by atoms with Crippen molar-refractivity contribution in [2.45, 2.75) is 11.8 Å². The second-order valence-electron chi connectivity index (χ2n) is 4.48. The summed E-state index contributed by atoms with van der Waals surface area (Å²) in [5, 5.41) is 3.12. The highest BCUT2D eigenvalue weighted by Gasteiger charge is 2.13. The zero-order valence-corrected chi connectivity index (χ0v) is 11.7. The molecule has 0 saturated carbocycles. The Morgan fingerprint density at radius 2 is 1.68 bits per heavy atom. The van der Waals surface area contributed by atoms with Crippen molar-refractivity contribution < 1.29 is 8.42 Å². The van der Waals surface area contributed by atoms with Crippen LogP contribution in [0.25, 0.3) is 0 Å². The van der Waals surface area contributed by atoms with Gasteiger partial charge in [0.25, 0.3) is 0 Å². The maximum atomic E-state index is 11.6. The molecule has 4 nitrogen and oxygen atoms in total.